The normalized spacial score (nSPS) is 11.8. The Morgan fingerprint density at radius 3 is 2.28 bits per heavy atom. The first-order valence-electron chi connectivity index (χ1n) is 5.29. The molecule has 1 heterocycles. The van der Waals surface area contributed by atoms with E-state index in [1.165, 1.54) is 0 Å². The molecular formula is C12H12F3N3. The summed E-state index contributed by atoms with van der Waals surface area (Å²) in [5.41, 5.74) is 7.11. The van der Waals surface area contributed by atoms with Crippen LogP contribution in [0.25, 0.3) is 5.69 Å². The third kappa shape index (κ3) is 2.18. The molecule has 0 saturated heterocycles. The van der Waals surface area contributed by atoms with Crippen LogP contribution in [0.2, 0.25) is 0 Å². The number of hydrogen-bond acceptors (Lipinski definition) is 2. The Balaban J connectivity index is 2.51. The highest BCUT2D eigenvalue weighted by Crippen LogP contribution is 2.30. The summed E-state index contributed by atoms with van der Waals surface area (Å²) in [6, 6.07) is 6.08. The van der Waals surface area contributed by atoms with E-state index in [0.717, 1.165) is 21.9 Å². The summed E-state index contributed by atoms with van der Waals surface area (Å²) in [5, 5.41) is 3.49. The summed E-state index contributed by atoms with van der Waals surface area (Å²) < 4.78 is 38.6. The molecule has 3 nitrogen and oxygen atoms in total. The Morgan fingerprint density at radius 1 is 1.11 bits per heavy atom. The maximum atomic E-state index is 12.5. The molecule has 0 bridgehead atoms. The number of nitrogen functional groups attached to an aromatic ring is 1. The predicted octanol–water partition coefficient (Wildman–Crippen LogP) is 3.09. The second kappa shape index (κ2) is 4.04. The van der Waals surface area contributed by atoms with E-state index < -0.39 is 11.9 Å². The van der Waals surface area contributed by atoms with E-state index in [9.17, 15) is 13.2 Å². The van der Waals surface area contributed by atoms with Crippen LogP contribution in [0.15, 0.2) is 24.3 Å². The van der Waals surface area contributed by atoms with Crippen LogP contribution >= 0.6 is 0 Å². The SMILES string of the molecule is Cc1ccc(-n2nc(C(F)(F)F)cc2N)cc1C. The lowest BCUT2D eigenvalue weighted by Crippen LogP contribution is -2.07. The van der Waals surface area contributed by atoms with Gasteiger partial charge in [0.05, 0.1) is 5.69 Å². The van der Waals surface area contributed by atoms with Crippen molar-refractivity contribution in [2.24, 2.45) is 0 Å². The Bertz CT molecular complexity index is 585. The van der Waals surface area contributed by atoms with Crippen molar-refractivity contribution in [1.29, 1.82) is 0 Å². The first-order chi connectivity index (χ1) is 8.29. The maximum absolute atomic E-state index is 12.5. The van der Waals surface area contributed by atoms with Crippen molar-refractivity contribution >= 4 is 5.82 Å². The fourth-order valence-corrected chi connectivity index (χ4v) is 1.60. The van der Waals surface area contributed by atoms with Crippen molar-refractivity contribution in [3.8, 4) is 5.69 Å². The zero-order chi connectivity index (χ0) is 13.5. The number of aryl methyl sites for hydroxylation is 2. The zero-order valence-corrected chi connectivity index (χ0v) is 9.92. The average Bonchev–Trinajstić information content (AvgIpc) is 2.64. The Labute approximate surface area is 102 Å². The van der Waals surface area contributed by atoms with Crippen LogP contribution in [0, 0.1) is 13.8 Å². The highest BCUT2D eigenvalue weighted by atomic mass is 19.4. The quantitative estimate of drug-likeness (QED) is 0.851. The van der Waals surface area contributed by atoms with E-state index in [4.69, 9.17) is 5.73 Å². The summed E-state index contributed by atoms with van der Waals surface area (Å²) in [6.07, 6.45) is -4.49. The van der Waals surface area contributed by atoms with Crippen LogP contribution in [-0.4, -0.2) is 9.78 Å². The van der Waals surface area contributed by atoms with Crippen LogP contribution in [0.4, 0.5) is 19.0 Å². The first kappa shape index (κ1) is 12.5. The molecule has 2 aromatic rings. The number of nitrogens with two attached hydrogens (primary N) is 1. The lowest BCUT2D eigenvalue weighted by molar-refractivity contribution is -0.141. The molecule has 0 aliphatic carbocycles. The first-order valence-corrected chi connectivity index (χ1v) is 5.29. The van der Waals surface area contributed by atoms with E-state index in [1.807, 2.05) is 19.9 Å². The molecule has 96 valence electrons. The average molecular weight is 255 g/mol. The van der Waals surface area contributed by atoms with Gasteiger partial charge in [-0.05, 0) is 37.1 Å². The topological polar surface area (TPSA) is 43.8 Å². The third-order valence-electron chi connectivity index (χ3n) is 2.76. The third-order valence-corrected chi connectivity index (χ3v) is 2.76. The van der Waals surface area contributed by atoms with Gasteiger partial charge in [-0.15, -0.1) is 0 Å². The van der Waals surface area contributed by atoms with E-state index >= 15 is 0 Å². The van der Waals surface area contributed by atoms with Crippen LogP contribution in [0.1, 0.15) is 16.8 Å². The minimum absolute atomic E-state index is 0.0365. The van der Waals surface area contributed by atoms with Crippen molar-refractivity contribution in [1.82, 2.24) is 9.78 Å². The summed E-state index contributed by atoms with van der Waals surface area (Å²) in [6.45, 7) is 3.80. The molecule has 1 aromatic heterocycles. The minimum atomic E-state index is -4.49. The molecule has 18 heavy (non-hydrogen) atoms. The molecule has 2 rings (SSSR count). The molecular weight excluding hydrogens is 243 g/mol. The van der Waals surface area contributed by atoms with E-state index in [1.54, 1.807) is 12.1 Å². The number of alkyl halides is 3. The van der Waals surface area contributed by atoms with Crippen LogP contribution in [0.3, 0.4) is 0 Å². The molecule has 0 aliphatic rings. The van der Waals surface area contributed by atoms with Crippen molar-refractivity contribution in [2.45, 2.75) is 20.0 Å². The van der Waals surface area contributed by atoms with E-state index in [0.29, 0.717) is 5.69 Å². The van der Waals surface area contributed by atoms with Gasteiger partial charge in [-0.2, -0.15) is 18.3 Å². The van der Waals surface area contributed by atoms with Crippen molar-refractivity contribution in [2.75, 3.05) is 5.73 Å². The van der Waals surface area contributed by atoms with Gasteiger partial charge in [-0.1, -0.05) is 6.07 Å². The largest absolute Gasteiger partial charge is 0.435 e. The van der Waals surface area contributed by atoms with Crippen LogP contribution < -0.4 is 5.73 Å². The van der Waals surface area contributed by atoms with Gasteiger partial charge in [-0.3, -0.25) is 0 Å². The number of aromatic nitrogens is 2. The van der Waals surface area contributed by atoms with E-state index in [-0.39, 0.29) is 5.82 Å². The second-order valence-electron chi connectivity index (χ2n) is 4.13. The van der Waals surface area contributed by atoms with Gasteiger partial charge in [0.25, 0.3) is 0 Å². The molecule has 0 atom stereocenters. The van der Waals surface area contributed by atoms with Gasteiger partial charge in [0.2, 0.25) is 0 Å². The fourth-order valence-electron chi connectivity index (χ4n) is 1.60. The molecule has 0 saturated carbocycles. The van der Waals surface area contributed by atoms with Gasteiger partial charge in [0.1, 0.15) is 5.82 Å². The van der Waals surface area contributed by atoms with Crippen LogP contribution in [-0.2, 0) is 6.18 Å². The Morgan fingerprint density at radius 2 is 1.78 bits per heavy atom. The second-order valence-corrected chi connectivity index (χ2v) is 4.13. The molecule has 0 spiro atoms. The minimum Gasteiger partial charge on any atom is -0.384 e. The van der Waals surface area contributed by atoms with Crippen molar-refractivity contribution < 1.29 is 13.2 Å². The van der Waals surface area contributed by atoms with Gasteiger partial charge in [0, 0.05) is 6.07 Å². The smallest absolute Gasteiger partial charge is 0.384 e. The summed E-state index contributed by atoms with van der Waals surface area (Å²) in [5.74, 6) is -0.0365. The van der Waals surface area contributed by atoms with Gasteiger partial charge in [-0.25, -0.2) is 4.68 Å². The molecule has 6 heteroatoms. The highest BCUT2D eigenvalue weighted by molar-refractivity contribution is 5.46. The number of hydrogen-bond donors (Lipinski definition) is 1. The number of anilines is 1. The molecule has 1 aromatic carbocycles. The van der Waals surface area contributed by atoms with Crippen molar-refractivity contribution in [3.63, 3.8) is 0 Å². The summed E-state index contributed by atoms with van der Waals surface area (Å²) in [7, 11) is 0. The zero-order valence-electron chi connectivity index (χ0n) is 9.92. The lowest BCUT2D eigenvalue weighted by atomic mass is 10.1. The number of halogens is 3. The number of benzene rings is 1. The van der Waals surface area contributed by atoms with Crippen molar-refractivity contribution in [3.05, 3.63) is 41.1 Å². The number of rotatable bonds is 1. The lowest BCUT2D eigenvalue weighted by Gasteiger charge is -2.07. The highest BCUT2D eigenvalue weighted by Gasteiger charge is 2.34. The van der Waals surface area contributed by atoms with E-state index in [2.05, 4.69) is 5.10 Å². The van der Waals surface area contributed by atoms with Crippen LogP contribution in [0.5, 0.6) is 0 Å². The molecule has 2 N–H and O–H groups in total. The summed E-state index contributed by atoms with van der Waals surface area (Å²) >= 11 is 0. The van der Waals surface area contributed by atoms with Gasteiger partial charge < -0.3 is 5.73 Å². The Hall–Kier alpha value is -1.98. The molecule has 0 unspecified atom stereocenters. The molecule has 0 amide bonds. The molecule has 0 aliphatic heterocycles. The van der Waals surface area contributed by atoms with Gasteiger partial charge >= 0.3 is 6.18 Å². The van der Waals surface area contributed by atoms with Gasteiger partial charge in [0.15, 0.2) is 5.69 Å². The maximum Gasteiger partial charge on any atom is 0.435 e. The fraction of sp³-hybridized carbons (Fsp3) is 0.250. The standard InChI is InChI=1S/C12H12F3N3/c1-7-3-4-9(5-8(7)2)18-11(16)6-10(17-18)12(13,14)15/h3-6H,16H2,1-2H3. The Kier molecular flexibility index (Phi) is 2.80. The summed E-state index contributed by atoms with van der Waals surface area (Å²) in [4.78, 5) is 0. The monoisotopic (exact) mass is 255 g/mol. The predicted molar refractivity (Wildman–Crippen MR) is 62.5 cm³/mol. The number of nitrogens with zero attached hydrogens (tertiary/aromatic N) is 2. The molecule has 0 radical (unpaired) electrons. The molecule has 0 fully saturated rings.